The van der Waals surface area contributed by atoms with Gasteiger partial charge in [0.2, 0.25) is 5.91 Å². The van der Waals surface area contributed by atoms with E-state index in [-0.39, 0.29) is 5.91 Å². The number of rotatable bonds is 2. The van der Waals surface area contributed by atoms with Crippen LogP contribution >= 0.6 is 0 Å². The molecule has 3 rings (SSSR count). The van der Waals surface area contributed by atoms with Crippen molar-refractivity contribution in [3.8, 4) is 5.69 Å². The van der Waals surface area contributed by atoms with Gasteiger partial charge in [-0.25, -0.2) is 4.68 Å². The third-order valence-corrected chi connectivity index (χ3v) is 4.51. The molecule has 0 bridgehead atoms. The van der Waals surface area contributed by atoms with Crippen molar-refractivity contribution in [2.45, 2.75) is 25.4 Å². The molecule has 1 unspecified atom stereocenters. The zero-order chi connectivity index (χ0) is 14.3. The highest BCUT2D eigenvalue weighted by atomic mass is 32.2. The molecule has 20 heavy (non-hydrogen) atoms. The number of nitrogens with one attached hydrogen (secondary N) is 1. The Morgan fingerprint density at radius 1 is 1.35 bits per heavy atom. The highest BCUT2D eigenvalue weighted by molar-refractivity contribution is 7.83. The van der Waals surface area contributed by atoms with Crippen LogP contribution in [0.4, 0.5) is 5.82 Å². The van der Waals surface area contributed by atoms with Crippen LogP contribution in [0.5, 0.6) is 0 Å². The van der Waals surface area contributed by atoms with Crippen LogP contribution in [0.15, 0.2) is 24.3 Å². The third-order valence-electron chi connectivity index (χ3n) is 3.31. The average molecular weight is 289 g/mol. The maximum atomic E-state index is 11.7. The first kappa shape index (κ1) is 13.1. The van der Waals surface area contributed by atoms with E-state index in [4.69, 9.17) is 0 Å². The number of carbonyl (C=O) groups excluding carboxylic acids is 1. The number of aryl methyl sites for hydroxylation is 1. The average Bonchev–Trinajstić information content (AvgIpc) is 2.88. The van der Waals surface area contributed by atoms with Gasteiger partial charge in [0.05, 0.1) is 22.9 Å². The van der Waals surface area contributed by atoms with Crippen molar-refractivity contribution in [1.82, 2.24) is 9.78 Å². The summed E-state index contributed by atoms with van der Waals surface area (Å²) < 4.78 is 13.4. The van der Waals surface area contributed by atoms with Gasteiger partial charge in [-0.15, -0.1) is 0 Å². The van der Waals surface area contributed by atoms with E-state index < -0.39 is 10.8 Å². The van der Waals surface area contributed by atoms with Crippen molar-refractivity contribution < 1.29 is 9.00 Å². The van der Waals surface area contributed by atoms with Gasteiger partial charge in [0.25, 0.3) is 0 Å². The fraction of sp³-hybridized carbons (Fsp3) is 0.286. The summed E-state index contributed by atoms with van der Waals surface area (Å²) in [5.74, 6) is 1.41. The highest BCUT2D eigenvalue weighted by Gasteiger charge is 2.28. The first-order valence-electron chi connectivity index (χ1n) is 6.35. The number of aromatic nitrogens is 2. The number of fused-ring (bicyclic) bond motifs is 1. The smallest absolute Gasteiger partial charge is 0.222 e. The van der Waals surface area contributed by atoms with E-state index in [1.807, 2.05) is 31.2 Å². The predicted molar refractivity (Wildman–Crippen MR) is 78.2 cm³/mol. The molecule has 104 valence electrons. The summed E-state index contributed by atoms with van der Waals surface area (Å²) in [5, 5.41) is 7.36. The molecule has 5 nitrogen and oxygen atoms in total. The Morgan fingerprint density at radius 3 is 2.80 bits per heavy atom. The summed E-state index contributed by atoms with van der Waals surface area (Å²) in [6.45, 7) is 3.46. The standard InChI is InChI=1S/C14H15N3O2S/c1-9-5-3-4-6-13(9)17-14(15-10(2)18)11-7-20(19)8-12(11)16-17/h3-6H,7-8H2,1-2H3,(H,15,18). The molecule has 0 aliphatic carbocycles. The number of benzene rings is 1. The Bertz CT molecular complexity index is 721. The molecule has 1 aliphatic rings. The van der Waals surface area contributed by atoms with Gasteiger partial charge in [-0.2, -0.15) is 5.10 Å². The first-order chi connectivity index (χ1) is 9.56. The normalized spacial score (nSPS) is 17.0. The molecule has 0 radical (unpaired) electrons. The highest BCUT2D eigenvalue weighted by Crippen LogP contribution is 2.31. The quantitative estimate of drug-likeness (QED) is 0.918. The molecule has 1 aromatic heterocycles. The van der Waals surface area contributed by atoms with Crippen LogP contribution in [0.1, 0.15) is 23.7 Å². The summed E-state index contributed by atoms with van der Waals surface area (Å²) in [4.78, 5) is 11.4. The van der Waals surface area contributed by atoms with Crippen LogP contribution in [0.2, 0.25) is 0 Å². The number of para-hydroxylation sites is 1. The van der Waals surface area contributed by atoms with Crippen molar-refractivity contribution in [3.05, 3.63) is 41.1 Å². The lowest BCUT2D eigenvalue weighted by Gasteiger charge is -2.11. The molecular formula is C14H15N3O2S. The van der Waals surface area contributed by atoms with Crippen molar-refractivity contribution >= 4 is 22.5 Å². The molecular weight excluding hydrogens is 274 g/mol. The van der Waals surface area contributed by atoms with Crippen molar-refractivity contribution in [2.24, 2.45) is 0 Å². The van der Waals surface area contributed by atoms with E-state index in [9.17, 15) is 9.00 Å². The summed E-state index contributed by atoms with van der Waals surface area (Å²) in [7, 11) is -0.910. The fourth-order valence-electron chi connectivity index (χ4n) is 2.40. The molecule has 1 amide bonds. The molecule has 2 heterocycles. The number of nitrogens with zero attached hydrogens (tertiary/aromatic N) is 2. The summed E-state index contributed by atoms with van der Waals surface area (Å²) in [5.41, 5.74) is 3.70. The Labute approximate surface area is 119 Å². The first-order valence-corrected chi connectivity index (χ1v) is 7.84. The minimum Gasteiger partial charge on any atom is -0.311 e. The van der Waals surface area contributed by atoms with Crippen molar-refractivity contribution in [3.63, 3.8) is 0 Å². The minimum absolute atomic E-state index is 0.153. The van der Waals surface area contributed by atoms with Crippen LogP contribution in [-0.2, 0) is 27.1 Å². The van der Waals surface area contributed by atoms with E-state index in [2.05, 4.69) is 10.4 Å². The molecule has 1 atom stereocenters. The van der Waals surface area contributed by atoms with E-state index in [1.165, 1.54) is 6.92 Å². The maximum Gasteiger partial charge on any atom is 0.222 e. The van der Waals surface area contributed by atoms with Crippen LogP contribution < -0.4 is 5.32 Å². The van der Waals surface area contributed by atoms with Gasteiger partial charge < -0.3 is 5.32 Å². The van der Waals surface area contributed by atoms with Crippen LogP contribution in [0.25, 0.3) is 5.69 Å². The summed E-state index contributed by atoms with van der Waals surface area (Å²) >= 11 is 0. The van der Waals surface area contributed by atoms with Crippen molar-refractivity contribution in [2.75, 3.05) is 5.32 Å². The second-order valence-corrected chi connectivity index (χ2v) is 6.34. The second-order valence-electron chi connectivity index (χ2n) is 4.88. The van der Waals surface area contributed by atoms with Crippen LogP contribution in [-0.4, -0.2) is 19.9 Å². The molecule has 0 spiro atoms. The third kappa shape index (κ3) is 2.16. The van der Waals surface area contributed by atoms with Gasteiger partial charge >= 0.3 is 0 Å². The van der Waals surface area contributed by atoms with Gasteiger partial charge in [0.15, 0.2) is 0 Å². The molecule has 0 saturated carbocycles. The second kappa shape index (κ2) is 4.86. The zero-order valence-electron chi connectivity index (χ0n) is 11.3. The van der Waals surface area contributed by atoms with Crippen molar-refractivity contribution in [1.29, 1.82) is 0 Å². The lowest BCUT2D eigenvalue weighted by molar-refractivity contribution is -0.114. The topological polar surface area (TPSA) is 64.0 Å². The van der Waals surface area contributed by atoms with Gasteiger partial charge in [0, 0.05) is 23.3 Å². The molecule has 0 fully saturated rings. The predicted octanol–water partition coefficient (Wildman–Crippen LogP) is 1.90. The number of carbonyl (C=O) groups is 1. The number of anilines is 1. The Kier molecular flexibility index (Phi) is 3.17. The van der Waals surface area contributed by atoms with E-state index in [1.54, 1.807) is 4.68 Å². The van der Waals surface area contributed by atoms with Crippen LogP contribution in [0, 0.1) is 6.92 Å². The fourth-order valence-corrected chi connectivity index (χ4v) is 3.66. The Hall–Kier alpha value is -1.95. The minimum atomic E-state index is -0.910. The molecule has 2 aromatic rings. The number of hydrogen-bond acceptors (Lipinski definition) is 3. The van der Waals surface area contributed by atoms with Gasteiger partial charge in [-0.1, -0.05) is 18.2 Å². The SMILES string of the molecule is CC(=O)Nc1c2c(nn1-c1ccccc1C)CS(=O)C2. The van der Waals surface area contributed by atoms with E-state index >= 15 is 0 Å². The Balaban J connectivity index is 2.17. The zero-order valence-corrected chi connectivity index (χ0v) is 12.2. The monoisotopic (exact) mass is 289 g/mol. The lowest BCUT2D eigenvalue weighted by Crippen LogP contribution is -2.13. The van der Waals surface area contributed by atoms with Gasteiger partial charge in [-0.3, -0.25) is 9.00 Å². The molecule has 0 saturated heterocycles. The largest absolute Gasteiger partial charge is 0.311 e. The van der Waals surface area contributed by atoms with Gasteiger partial charge in [-0.05, 0) is 18.6 Å². The Morgan fingerprint density at radius 2 is 2.10 bits per heavy atom. The summed E-state index contributed by atoms with van der Waals surface area (Å²) in [6, 6.07) is 7.85. The molecule has 1 aromatic carbocycles. The maximum absolute atomic E-state index is 11.7. The van der Waals surface area contributed by atoms with Gasteiger partial charge in [0.1, 0.15) is 5.82 Å². The summed E-state index contributed by atoms with van der Waals surface area (Å²) in [6.07, 6.45) is 0. The molecule has 6 heteroatoms. The van der Waals surface area contributed by atoms with Crippen LogP contribution in [0.3, 0.4) is 0 Å². The number of hydrogen-bond donors (Lipinski definition) is 1. The van der Waals surface area contributed by atoms with E-state index in [0.29, 0.717) is 17.3 Å². The molecule has 1 aliphatic heterocycles. The van der Waals surface area contributed by atoms with E-state index in [0.717, 1.165) is 22.5 Å². The lowest BCUT2D eigenvalue weighted by atomic mass is 10.2. The molecule has 1 N–H and O–H groups in total. The number of amides is 1.